The first-order chi connectivity index (χ1) is 22.1. The summed E-state index contributed by atoms with van der Waals surface area (Å²) in [6.07, 6.45) is -1.32. The van der Waals surface area contributed by atoms with Crippen molar-refractivity contribution < 1.29 is 57.8 Å². The van der Waals surface area contributed by atoms with Crippen LogP contribution in [0.25, 0.3) is 0 Å². The third-order valence-electron chi connectivity index (χ3n) is 10.1. The van der Waals surface area contributed by atoms with Crippen LogP contribution < -0.4 is 10.1 Å². The van der Waals surface area contributed by atoms with Gasteiger partial charge in [0, 0.05) is 38.2 Å². The summed E-state index contributed by atoms with van der Waals surface area (Å²) in [5, 5.41) is 27.9. The van der Waals surface area contributed by atoms with Crippen molar-refractivity contribution in [1.82, 2.24) is 10.2 Å². The molecule has 1 aromatic carbocycles. The van der Waals surface area contributed by atoms with Crippen LogP contribution in [-0.2, 0) is 48.6 Å². The van der Waals surface area contributed by atoms with Gasteiger partial charge >= 0.3 is 11.9 Å². The fourth-order valence-electron chi connectivity index (χ4n) is 8.59. The van der Waals surface area contributed by atoms with E-state index in [4.69, 9.17) is 28.4 Å². The molecular weight excluding hydrogens is 616 g/mol. The standard InChI is InChI=1S/C33H40N2O12/c1-15-19-9-8-10-20(46-17(3)37)22(19)32(42-11-12-43-32)23-21(15)27(39)24-26(35(6)7)28(47-18(4)38)25(30(41)34-16(2)36)33(44-13-14-45-33)31(24,5)29(23)40/h8-10,15,21,24,26-27,39-40H,11-14H2,1-7H3,(H,34,36,41)/t15-,21+,24+,26-,27-,31+/m0/s1. The van der Waals surface area contributed by atoms with Gasteiger partial charge in [0.25, 0.3) is 5.91 Å². The number of amides is 2. The van der Waals surface area contributed by atoms with Gasteiger partial charge in [0.1, 0.15) is 22.8 Å². The summed E-state index contributed by atoms with van der Waals surface area (Å²) in [5.74, 6) is -9.67. The van der Waals surface area contributed by atoms with Crippen molar-refractivity contribution in [3.8, 4) is 5.75 Å². The molecular formula is C33H40N2O12. The van der Waals surface area contributed by atoms with Crippen LogP contribution in [0.4, 0.5) is 0 Å². The summed E-state index contributed by atoms with van der Waals surface area (Å²) in [6.45, 7) is 7.24. The number of hydrogen-bond donors (Lipinski definition) is 3. The maximum absolute atomic E-state index is 14.0. The molecule has 14 heteroatoms. The number of hydrogen-bond acceptors (Lipinski definition) is 13. The lowest BCUT2D eigenvalue weighted by atomic mass is 9.49. The second kappa shape index (κ2) is 11.5. The molecule has 2 fully saturated rings. The summed E-state index contributed by atoms with van der Waals surface area (Å²) >= 11 is 0. The molecule has 6 atom stereocenters. The molecule has 0 saturated carbocycles. The van der Waals surface area contributed by atoms with Gasteiger partial charge in [-0.15, -0.1) is 0 Å². The molecule has 14 nitrogen and oxygen atoms in total. The molecule has 0 aromatic heterocycles. The van der Waals surface area contributed by atoms with Crippen molar-refractivity contribution in [3.63, 3.8) is 0 Å². The smallest absolute Gasteiger partial charge is 0.308 e. The number of esters is 2. The highest BCUT2D eigenvalue weighted by Gasteiger charge is 2.76. The van der Waals surface area contributed by atoms with Gasteiger partial charge in [-0.2, -0.15) is 0 Å². The Balaban J connectivity index is 1.73. The van der Waals surface area contributed by atoms with E-state index in [1.165, 1.54) is 13.8 Å². The van der Waals surface area contributed by atoms with Crippen molar-refractivity contribution in [1.29, 1.82) is 0 Å². The van der Waals surface area contributed by atoms with Gasteiger partial charge in [0.2, 0.25) is 17.5 Å². The molecule has 2 spiro atoms. The first-order valence-electron chi connectivity index (χ1n) is 15.5. The number of carbonyl (C=O) groups is 4. The SMILES string of the molecule is CC(=O)NC(=O)C1=C(OC(C)=O)[C@@H](N(C)C)[C@@H]2[C@@H](O)[C@H]3C(=C(O)[C@]2(C)C12OCCO2)C1(OCCO1)c1c(OC(C)=O)cccc1[C@@H]3C. The Labute approximate surface area is 271 Å². The van der Waals surface area contributed by atoms with Crippen molar-refractivity contribution in [3.05, 3.63) is 52.0 Å². The predicted molar refractivity (Wildman–Crippen MR) is 160 cm³/mol. The predicted octanol–water partition coefficient (Wildman–Crippen LogP) is 1.52. The molecule has 2 amide bonds. The minimum Gasteiger partial charge on any atom is -0.511 e. The highest BCUT2D eigenvalue weighted by molar-refractivity contribution is 6.05. The molecule has 1 aromatic rings. The van der Waals surface area contributed by atoms with E-state index in [0.29, 0.717) is 11.1 Å². The van der Waals surface area contributed by atoms with E-state index < -0.39 is 70.6 Å². The number of aliphatic hydroxyl groups is 2. The van der Waals surface area contributed by atoms with E-state index in [1.54, 1.807) is 38.1 Å². The maximum Gasteiger partial charge on any atom is 0.308 e. The Morgan fingerprint density at radius 3 is 2.11 bits per heavy atom. The normalized spacial score (nSPS) is 31.8. The highest BCUT2D eigenvalue weighted by atomic mass is 16.7. The number of aliphatic hydroxyl groups excluding tert-OH is 2. The number of fused-ring (bicyclic) bond motifs is 6. The molecule has 2 saturated heterocycles. The number of ether oxygens (including phenoxy) is 6. The summed E-state index contributed by atoms with van der Waals surface area (Å²) in [5.41, 5.74) is -0.901. The number of nitrogens with zero attached hydrogens (tertiary/aromatic N) is 1. The molecule has 0 bridgehead atoms. The number of carbonyl (C=O) groups excluding carboxylic acids is 4. The van der Waals surface area contributed by atoms with Crippen LogP contribution in [0.2, 0.25) is 0 Å². The van der Waals surface area contributed by atoms with Gasteiger partial charge in [-0.25, -0.2) is 0 Å². The summed E-state index contributed by atoms with van der Waals surface area (Å²) in [4.78, 5) is 52.7. The maximum atomic E-state index is 14.0. The number of imide groups is 1. The highest BCUT2D eigenvalue weighted by Crippen LogP contribution is 2.68. The summed E-state index contributed by atoms with van der Waals surface area (Å²) in [7, 11) is 3.37. The second-order valence-electron chi connectivity index (χ2n) is 13.0. The average Bonchev–Trinajstić information content (AvgIpc) is 3.66. The topological polar surface area (TPSA) is 179 Å². The third kappa shape index (κ3) is 4.53. The van der Waals surface area contributed by atoms with Crippen LogP contribution in [0.1, 0.15) is 51.7 Å². The minimum absolute atomic E-state index is 0.0325. The zero-order valence-electron chi connectivity index (χ0n) is 27.4. The second-order valence-corrected chi connectivity index (χ2v) is 13.0. The van der Waals surface area contributed by atoms with Crippen LogP contribution in [0.5, 0.6) is 5.75 Å². The first kappa shape index (κ1) is 33.2. The van der Waals surface area contributed by atoms with E-state index in [2.05, 4.69) is 5.32 Å². The molecule has 5 aliphatic rings. The van der Waals surface area contributed by atoms with Gasteiger partial charge in [0.05, 0.1) is 49.6 Å². The molecule has 6 rings (SSSR count). The third-order valence-corrected chi connectivity index (χ3v) is 10.1. The Morgan fingerprint density at radius 2 is 1.55 bits per heavy atom. The number of likely N-dealkylation sites (N-methyl/N-ethyl adjacent to an activating group) is 1. The molecule has 254 valence electrons. The van der Waals surface area contributed by atoms with E-state index >= 15 is 0 Å². The van der Waals surface area contributed by atoms with Gasteiger partial charge in [-0.05, 0) is 38.6 Å². The van der Waals surface area contributed by atoms with Gasteiger partial charge < -0.3 is 38.6 Å². The Morgan fingerprint density at radius 1 is 0.957 bits per heavy atom. The Kier molecular flexibility index (Phi) is 8.13. The fraction of sp³-hybridized carbons (Fsp3) is 0.576. The summed E-state index contributed by atoms with van der Waals surface area (Å²) < 4.78 is 36.8. The lowest BCUT2D eigenvalue weighted by molar-refractivity contribution is -0.262. The van der Waals surface area contributed by atoms with E-state index in [1.807, 2.05) is 13.0 Å². The number of benzene rings is 1. The molecule has 2 aliphatic heterocycles. The van der Waals surface area contributed by atoms with E-state index in [9.17, 15) is 29.4 Å². The molecule has 3 aliphatic carbocycles. The Bertz CT molecular complexity index is 1600. The lowest BCUT2D eigenvalue weighted by Gasteiger charge is -2.62. The van der Waals surface area contributed by atoms with Gasteiger partial charge in [0.15, 0.2) is 0 Å². The lowest BCUT2D eigenvalue weighted by Crippen LogP contribution is -2.71. The Hall–Kier alpha value is -3.66. The van der Waals surface area contributed by atoms with Gasteiger partial charge in [-0.3, -0.25) is 29.4 Å². The van der Waals surface area contributed by atoms with Crippen LogP contribution in [0.3, 0.4) is 0 Å². The number of rotatable bonds is 4. The van der Waals surface area contributed by atoms with E-state index in [0.717, 1.165) is 6.92 Å². The quantitative estimate of drug-likeness (QED) is 0.314. The number of nitrogens with one attached hydrogen (secondary N) is 1. The van der Waals surface area contributed by atoms with Crippen molar-refractivity contribution in [2.24, 2.45) is 17.3 Å². The monoisotopic (exact) mass is 656 g/mol. The van der Waals surface area contributed by atoms with Crippen molar-refractivity contribution in [2.45, 2.75) is 64.3 Å². The largest absolute Gasteiger partial charge is 0.511 e. The van der Waals surface area contributed by atoms with E-state index in [-0.39, 0.29) is 54.8 Å². The molecule has 2 heterocycles. The molecule has 3 N–H and O–H groups in total. The van der Waals surface area contributed by atoms with Crippen molar-refractivity contribution in [2.75, 3.05) is 40.5 Å². The molecule has 0 radical (unpaired) electrons. The van der Waals surface area contributed by atoms with Gasteiger partial charge in [-0.1, -0.05) is 19.1 Å². The molecule has 0 unspecified atom stereocenters. The molecule has 47 heavy (non-hydrogen) atoms. The summed E-state index contributed by atoms with van der Waals surface area (Å²) in [6, 6.07) is 4.14. The van der Waals surface area contributed by atoms with Crippen molar-refractivity contribution >= 4 is 23.8 Å². The average molecular weight is 657 g/mol. The van der Waals surface area contributed by atoms with Crippen LogP contribution >= 0.6 is 0 Å². The van der Waals surface area contributed by atoms with Crippen LogP contribution in [0, 0.1) is 17.3 Å². The minimum atomic E-state index is -2.16. The zero-order valence-corrected chi connectivity index (χ0v) is 27.4. The van der Waals surface area contributed by atoms with Crippen LogP contribution in [-0.4, -0.2) is 97.3 Å². The zero-order chi connectivity index (χ0) is 34.2. The first-order valence-corrected chi connectivity index (χ1v) is 15.5. The fourth-order valence-corrected chi connectivity index (χ4v) is 8.59. The van der Waals surface area contributed by atoms with Crippen LogP contribution in [0.15, 0.2) is 40.9 Å².